The van der Waals surface area contributed by atoms with E-state index < -0.39 is 16.6 Å². The Kier molecular flexibility index (Phi) is 6.05. The third kappa shape index (κ3) is 5.06. The summed E-state index contributed by atoms with van der Waals surface area (Å²) >= 11 is 0. The van der Waals surface area contributed by atoms with Crippen LogP contribution in [0.2, 0.25) is 0 Å². The zero-order valence-corrected chi connectivity index (χ0v) is 16.1. The van der Waals surface area contributed by atoms with Gasteiger partial charge in [0.05, 0.1) is 11.0 Å². The molecule has 2 heterocycles. The number of ether oxygens (including phenoxy) is 1. The maximum absolute atomic E-state index is 12.0. The summed E-state index contributed by atoms with van der Waals surface area (Å²) < 4.78 is 5.29. The molecule has 0 bridgehead atoms. The highest BCUT2D eigenvalue weighted by molar-refractivity contribution is 5.68. The monoisotopic (exact) mass is 364 g/mol. The largest absolute Gasteiger partial charge is 0.444 e. The van der Waals surface area contributed by atoms with Gasteiger partial charge in [-0.2, -0.15) is 0 Å². The van der Waals surface area contributed by atoms with E-state index in [-0.39, 0.29) is 17.6 Å². The summed E-state index contributed by atoms with van der Waals surface area (Å²) in [7, 11) is 0. The molecule has 1 amide bonds. The molecule has 1 N–H and O–H groups in total. The highest BCUT2D eigenvalue weighted by Crippen LogP contribution is 2.33. The number of hydrogen-bond donors (Lipinski definition) is 1. The fourth-order valence-corrected chi connectivity index (χ4v) is 3.23. The molecule has 144 valence electrons. The molecule has 0 aliphatic carbocycles. The van der Waals surface area contributed by atoms with Crippen molar-refractivity contribution < 1.29 is 14.5 Å². The Bertz CT molecular complexity index is 672. The van der Waals surface area contributed by atoms with E-state index in [9.17, 15) is 14.9 Å². The molecule has 1 aromatic heterocycles. The molecule has 8 heteroatoms. The summed E-state index contributed by atoms with van der Waals surface area (Å²) in [5.74, 6) is 0.629. The Hall–Kier alpha value is -2.38. The first-order valence-corrected chi connectivity index (χ1v) is 8.93. The van der Waals surface area contributed by atoms with E-state index in [1.807, 2.05) is 25.7 Å². The second-order valence-electron chi connectivity index (χ2n) is 7.88. The molecule has 0 radical (unpaired) electrons. The van der Waals surface area contributed by atoms with Gasteiger partial charge in [-0.25, -0.2) is 9.78 Å². The lowest BCUT2D eigenvalue weighted by atomic mass is 9.90. The van der Waals surface area contributed by atoms with E-state index >= 15 is 0 Å². The van der Waals surface area contributed by atoms with E-state index in [1.165, 1.54) is 0 Å². The number of rotatable bonds is 4. The molecule has 1 saturated heterocycles. The normalized spacial score (nSPS) is 20.6. The van der Waals surface area contributed by atoms with Crippen molar-refractivity contribution in [2.45, 2.75) is 59.1 Å². The molecule has 0 spiro atoms. The molecule has 2 rings (SSSR count). The Morgan fingerprint density at radius 1 is 1.50 bits per heavy atom. The van der Waals surface area contributed by atoms with Gasteiger partial charge in [0.2, 0.25) is 5.82 Å². The third-order valence-corrected chi connectivity index (χ3v) is 4.42. The van der Waals surface area contributed by atoms with Gasteiger partial charge in [-0.1, -0.05) is 6.92 Å². The molecule has 1 aliphatic rings. The van der Waals surface area contributed by atoms with Crippen molar-refractivity contribution in [3.05, 3.63) is 27.9 Å². The number of nitro groups is 1. The van der Waals surface area contributed by atoms with E-state index in [2.05, 4.69) is 17.2 Å². The Balaban J connectivity index is 2.21. The lowest BCUT2D eigenvalue weighted by Gasteiger charge is -2.40. The summed E-state index contributed by atoms with van der Waals surface area (Å²) in [6.45, 7) is 10.3. The van der Waals surface area contributed by atoms with Crippen LogP contribution in [0.25, 0.3) is 0 Å². The Morgan fingerprint density at radius 2 is 2.19 bits per heavy atom. The molecular formula is C18H28N4O4. The maximum Gasteiger partial charge on any atom is 0.407 e. The van der Waals surface area contributed by atoms with Gasteiger partial charge in [-0.05, 0) is 52.0 Å². The van der Waals surface area contributed by atoms with E-state index in [0.717, 1.165) is 18.4 Å². The van der Waals surface area contributed by atoms with Crippen LogP contribution in [0.3, 0.4) is 0 Å². The summed E-state index contributed by atoms with van der Waals surface area (Å²) in [6.07, 6.45) is 3.08. The van der Waals surface area contributed by atoms with E-state index in [1.54, 1.807) is 19.2 Å². The van der Waals surface area contributed by atoms with Gasteiger partial charge in [0.1, 0.15) is 5.60 Å². The first-order valence-electron chi connectivity index (χ1n) is 8.93. The topological polar surface area (TPSA) is 97.6 Å². The highest BCUT2D eigenvalue weighted by Gasteiger charge is 2.34. The average molecular weight is 364 g/mol. The van der Waals surface area contributed by atoms with Gasteiger partial charge in [0, 0.05) is 25.4 Å². The van der Waals surface area contributed by atoms with Crippen molar-refractivity contribution in [1.29, 1.82) is 0 Å². The summed E-state index contributed by atoms with van der Waals surface area (Å²) in [6, 6.07) is 1.46. The van der Waals surface area contributed by atoms with Crippen LogP contribution in [0.5, 0.6) is 0 Å². The van der Waals surface area contributed by atoms with Crippen molar-refractivity contribution in [2.24, 2.45) is 5.92 Å². The fraction of sp³-hybridized carbons (Fsp3) is 0.667. The van der Waals surface area contributed by atoms with Gasteiger partial charge < -0.3 is 15.0 Å². The van der Waals surface area contributed by atoms with Crippen LogP contribution in [0.4, 0.5) is 16.3 Å². The molecule has 8 nitrogen and oxygen atoms in total. The minimum absolute atomic E-state index is 0.00127. The number of alkyl carbamates (subject to hydrolysis) is 1. The highest BCUT2D eigenvalue weighted by atomic mass is 16.6. The number of amides is 1. The molecule has 0 aromatic carbocycles. The number of anilines is 1. The Labute approximate surface area is 154 Å². The van der Waals surface area contributed by atoms with Crippen LogP contribution < -0.4 is 10.2 Å². The zero-order valence-electron chi connectivity index (χ0n) is 16.1. The SMILES string of the molecule is Cc1cnc(N2CCCC(C)C2CNC(=O)OC(C)(C)C)c([N+](=O)[O-])c1. The van der Waals surface area contributed by atoms with Crippen LogP contribution in [-0.4, -0.2) is 40.7 Å². The lowest BCUT2D eigenvalue weighted by molar-refractivity contribution is -0.384. The standard InChI is InChI=1S/C18H28N4O4/c1-12-9-14(22(24)25)16(19-10-12)21-8-6-7-13(2)15(21)11-20-17(23)26-18(3,4)5/h9-10,13,15H,6-8,11H2,1-5H3,(H,20,23). The molecular weight excluding hydrogens is 336 g/mol. The van der Waals surface area contributed by atoms with Crippen molar-refractivity contribution in [2.75, 3.05) is 18.0 Å². The number of carbonyl (C=O) groups is 1. The number of hydrogen-bond acceptors (Lipinski definition) is 6. The first kappa shape index (κ1) is 19.9. The van der Waals surface area contributed by atoms with Crippen LogP contribution >= 0.6 is 0 Å². The van der Waals surface area contributed by atoms with Crippen molar-refractivity contribution in [1.82, 2.24) is 10.3 Å². The number of nitrogens with one attached hydrogen (secondary N) is 1. The molecule has 26 heavy (non-hydrogen) atoms. The minimum Gasteiger partial charge on any atom is -0.444 e. The fourth-order valence-electron chi connectivity index (χ4n) is 3.23. The van der Waals surface area contributed by atoms with Crippen LogP contribution in [0.1, 0.15) is 46.1 Å². The van der Waals surface area contributed by atoms with Crippen molar-refractivity contribution in [3.8, 4) is 0 Å². The molecule has 0 saturated carbocycles. The molecule has 2 unspecified atom stereocenters. The second kappa shape index (κ2) is 7.88. The lowest BCUT2D eigenvalue weighted by Crippen LogP contribution is -2.51. The van der Waals surface area contributed by atoms with E-state index in [0.29, 0.717) is 18.9 Å². The minimum atomic E-state index is -0.570. The predicted octanol–water partition coefficient (Wildman–Crippen LogP) is 3.43. The summed E-state index contributed by atoms with van der Waals surface area (Å²) in [4.78, 5) is 29.4. The number of aryl methyl sites for hydroxylation is 1. The number of piperidine rings is 1. The summed E-state index contributed by atoms with van der Waals surface area (Å²) in [5, 5.41) is 14.3. The Morgan fingerprint density at radius 3 is 2.81 bits per heavy atom. The number of carbonyl (C=O) groups excluding carboxylic acids is 1. The number of nitrogens with zero attached hydrogens (tertiary/aromatic N) is 3. The predicted molar refractivity (Wildman–Crippen MR) is 99.4 cm³/mol. The van der Waals surface area contributed by atoms with Gasteiger partial charge >= 0.3 is 11.8 Å². The molecule has 2 atom stereocenters. The smallest absolute Gasteiger partial charge is 0.407 e. The van der Waals surface area contributed by atoms with Crippen molar-refractivity contribution >= 4 is 17.6 Å². The van der Waals surface area contributed by atoms with Crippen LogP contribution in [0.15, 0.2) is 12.3 Å². The van der Waals surface area contributed by atoms with Gasteiger partial charge in [-0.3, -0.25) is 10.1 Å². The molecule has 1 aromatic rings. The van der Waals surface area contributed by atoms with Gasteiger partial charge in [-0.15, -0.1) is 0 Å². The number of pyridine rings is 1. The molecule has 1 fully saturated rings. The zero-order chi connectivity index (χ0) is 19.5. The van der Waals surface area contributed by atoms with Crippen LogP contribution in [0, 0.1) is 23.0 Å². The van der Waals surface area contributed by atoms with Crippen LogP contribution in [-0.2, 0) is 4.74 Å². The average Bonchev–Trinajstić information content (AvgIpc) is 2.51. The third-order valence-electron chi connectivity index (χ3n) is 4.42. The quantitative estimate of drug-likeness (QED) is 0.649. The number of aromatic nitrogens is 1. The van der Waals surface area contributed by atoms with Gasteiger partial charge in [0.25, 0.3) is 0 Å². The van der Waals surface area contributed by atoms with Gasteiger partial charge in [0.15, 0.2) is 0 Å². The summed E-state index contributed by atoms with van der Waals surface area (Å²) in [5.41, 5.74) is 0.175. The van der Waals surface area contributed by atoms with E-state index in [4.69, 9.17) is 4.74 Å². The molecule has 1 aliphatic heterocycles. The second-order valence-corrected chi connectivity index (χ2v) is 7.88. The maximum atomic E-state index is 12.0. The van der Waals surface area contributed by atoms with Crippen molar-refractivity contribution in [3.63, 3.8) is 0 Å². The first-order chi connectivity index (χ1) is 12.1.